The molecule has 0 aliphatic carbocycles. The van der Waals surface area contributed by atoms with E-state index in [1.54, 1.807) is 89.0 Å². The summed E-state index contributed by atoms with van der Waals surface area (Å²) in [5.74, 6) is -0.923. The van der Waals surface area contributed by atoms with Crippen molar-refractivity contribution in [2.45, 2.75) is 216 Å². The van der Waals surface area contributed by atoms with Crippen LogP contribution in [0.5, 0.6) is 0 Å². The lowest BCUT2D eigenvalue weighted by molar-refractivity contribution is -0.470. The fourth-order valence-corrected chi connectivity index (χ4v) is 19.6. The lowest BCUT2D eigenvalue weighted by Crippen LogP contribution is -2.29. The van der Waals surface area contributed by atoms with Gasteiger partial charge in [-0.05, 0) is 149 Å². The third kappa shape index (κ3) is 26.7. The number of esters is 4. The first-order valence-corrected chi connectivity index (χ1v) is 52.8. The maximum Gasteiger partial charge on any atom is 0.436 e. The number of nitrogens with one attached hydrogen (secondary N) is 6. The van der Waals surface area contributed by atoms with Crippen molar-refractivity contribution < 1.29 is 81.4 Å². The number of nitrogens with zero attached hydrogens (tertiary/aromatic N) is 9. The smallest absolute Gasteiger partial charge is 0.436 e. The molecular weight excluding hydrogens is 2010 g/mol. The number of carbonyl (C=O) groups is 9. The Labute approximate surface area is 899 Å². The number of H-pyrrole nitrogens is 1. The summed E-state index contributed by atoms with van der Waals surface area (Å²) in [6, 6.07) is 46.9. The minimum atomic E-state index is -0.560. The standard InChI is InChI=1S/C27H26ClN3O3.2C23H28ClN3O4.C21H24ClN3O2.C20H22ClN3O3/c1-3-10-22-25(27(33)34-4-2)24(19-13-8-9-14-21(19)28)20-17-29-31(26(20)30-22)23(32)16-15-18-11-6-5-7-12-18;1-4-7-13-31-23(29)27-14-16-19(15-11-8-9-12-17(15)24)20(22(28)30-6-3)18(10-5-2)25-21(16)26-27;1-4-7-13-31-23(29)27-21-16(14-25-27)19(15-11-8-9-12-17(15)24)20(22(28)30-6-3)18(26-21)10-5-2;1-5-9-18-19(13(3)27-6-2)20(15-10-7-8-11-17(15)22)16-12-25(14(4)26)24-21(16)23-18;1-4-8-16-18(20(26)27-5-2)17(13-9-6-7-10-15(13)21)14-11-22-24(12(3)25)19(14)23-16/h5-9,11-17,24,30H,3-4,10H2,1-2H3;8-9,11-12,14,19H,4-7,10,13H2,1-3H3,(H,25,26);8-9,11-12,14,19,26H,4-7,10,13H2,1-3H3;7-8,10-12,20H,3,5-6,9H2,1-2,4H3,(H,23,24);6-7,9-11,17,23H,4-5,8H2,1-3H3/p+1/b16-15+;;;;. The quantitative estimate of drug-likeness (QED) is 0.00822. The lowest BCUT2D eigenvalue weighted by atomic mass is 9.81. The second-order valence-electron chi connectivity index (χ2n) is 35.3. The first-order valence-electron chi connectivity index (χ1n) is 50.9. The number of fused-ring (bicyclic) bond motifs is 5. The molecule has 31 nitrogen and oxygen atoms in total. The SMILES string of the molecule is C=C(OCC)C1=C(CCC)Nc2nn(C(C)=O)cc2C1c1ccccc1Cl.CCCC1=C(C(=O)OCC)C(c2ccccc2Cl)c2c[nH+]n(C(=O)/C=C/c3ccccc3)c2N1.CCCC1=C(C(=O)OCC)C(c2ccccc2Cl)c2cnn(C(C)=O)c2N1.CCCCOC(=O)n1cc2c(n1)NC(CCC)=C(C(=O)OCC)C2c1ccccc1Cl.CCCCOC(=O)n1ncc2c1NC(CCC)=C(C(=O)OCC)C2c1ccccc1Cl. The van der Waals surface area contributed by atoms with E-state index in [1.165, 1.54) is 43.3 Å². The van der Waals surface area contributed by atoms with Crippen LogP contribution in [-0.2, 0) is 52.3 Å². The molecule has 0 radical (unpaired) electrons. The number of aromatic nitrogens is 10. The number of rotatable bonds is 34. The van der Waals surface area contributed by atoms with E-state index < -0.39 is 53.8 Å². The van der Waals surface area contributed by atoms with Crippen LogP contribution in [0.2, 0.25) is 25.1 Å². The predicted octanol–water partition coefficient (Wildman–Crippen LogP) is 26.2. The largest absolute Gasteiger partial charge is 0.494 e. The molecule has 0 saturated heterocycles. The van der Waals surface area contributed by atoms with Crippen molar-refractivity contribution in [3.8, 4) is 0 Å². The van der Waals surface area contributed by atoms with Gasteiger partial charge in [0, 0.05) is 137 Å². The van der Waals surface area contributed by atoms with E-state index >= 15 is 0 Å². The van der Waals surface area contributed by atoms with Gasteiger partial charge < -0.3 is 59.7 Å². The van der Waals surface area contributed by atoms with Gasteiger partial charge in [-0.2, -0.15) is 19.6 Å². The van der Waals surface area contributed by atoms with Crippen molar-refractivity contribution in [3.63, 3.8) is 0 Å². The van der Waals surface area contributed by atoms with Crippen molar-refractivity contribution >= 4 is 147 Å². The normalized spacial score (nSPS) is 15.5. The zero-order chi connectivity index (χ0) is 108. The molecule has 5 atom stereocenters. The van der Waals surface area contributed by atoms with Gasteiger partial charge in [0.2, 0.25) is 11.8 Å². The highest BCUT2D eigenvalue weighted by Crippen LogP contribution is 2.52. The van der Waals surface area contributed by atoms with E-state index in [2.05, 4.69) is 65.6 Å². The highest BCUT2D eigenvalue weighted by Gasteiger charge is 2.45. The number of halogens is 5. The van der Waals surface area contributed by atoms with Crippen molar-refractivity contribution in [2.75, 3.05) is 72.8 Å². The number of aromatic amines is 1. The van der Waals surface area contributed by atoms with Crippen LogP contribution in [0.3, 0.4) is 0 Å². The second kappa shape index (κ2) is 55.2. The molecule has 6 N–H and O–H groups in total. The average Bonchev–Trinajstić information content (AvgIpc) is 1.56. The summed E-state index contributed by atoms with van der Waals surface area (Å²) < 4.78 is 44.5. The number of hydrogen-bond acceptors (Lipinski definition) is 25. The van der Waals surface area contributed by atoms with Gasteiger partial charge in [-0.3, -0.25) is 14.4 Å². The predicted molar refractivity (Wildman–Crippen MR) is 583 cm³/mol. The molecule has 150 heavy (non-hydrogen) atoms. The number of ether oxygens (including phenoxy) is 7. The molecule has 5 aromatic heterocycles. The molecule has 0 amide bonds. The zero-order valence-electron chi connectivity index (χ0n) is 86.9. The third-order valence-corrected chi connectivity index (χ3v) is 26.7. The molecule has 790 valence electrons. The molecule has 5 aliphatic heterocycles. The van der Waals surface area contributed by atoms with Gasteiger partial charge >= 0.3 is 42.0 Å². The van der Waals surface area contributed by atoms with Crippen molar-refractivity contribution in [1.82, 2.24) is 43.8 Å². The van der Waals surface area contributed by atoms with E-state index in [0.717, 1.165) is 143 Å². The van der Waals surface area contributed by atoms with Crippen LogP contribution in [0.1, 0.15) is 292 Å². The van der Waals surface area contributed by atoms with Crippen LogP contribution in [0.25, 0.3) is 6.08 Å². The summed E-state index contributed by atoms with van der Waals surface area (Å²) >= 11 is 32.7. The Balaban J connectivity index is 0.000000167. The molecule has 5 aliphatic rings. The Morgan fingerprint density at radius 1 is 0.353 bits per heavy atom. The minimum absolute atomic E-state index is 0.147. The highest BCUT2D eigenvalue weighted by molar-refractivity contribution is 6.33. The van der Waals surface area contributed by atoms with Crippen LogP contribution in [-0.4, -0.2) is 144 Å². The molecule has 6 aromatic carbocycles. The fourth-order valence-electron chi connectivity index (χ4n) is 18.4. The summed E-state index contributed by atoms with van der Waals surface area (Å²) in [6.45, 7) is 32.6. The Kier molecular flexibility index (Phi) is 42.1. The number of allylic oxidation sites excluding steroid dienone is 7. The Bertz CT molecular complexity index is 6850. The Morgan fingerprint density at radius 3 is 1.05 bits per heavy atom. The second-order valence-corrected chi connectivity index (χ2v) is 37.3. The zero-order valence-corrected chi connectivity index (χ0v) is 90.6. The highest BCUT2D eigenvalue weighted by atomic mass is 35.5. The van der Waals surface area contributed by atoms with Gasteiger partial charge in [0.15, 0.2) is 23.7 Å². The first-order chi connectivity index (χ1) is 72.5. The molecule has 10 heterocycles. The fraction of sp³-hybridized carbons (Fsp3) is 0.351. The molecule has 0 spiro atoms. The van der Waals surface area contributed by atoms with E-state index in [-0.39, 0.29) is 56.0 Å². The van der Waals surface area contributed by atoms with Crippen LogP contribution >= 0.6 is 58.0 Å². The molecule has 0 bridgehead atoms. The average molecular weight is 2140 g/mol. The minimum Gasteiger partial charge on any atom is -0.494 e. The lowest BCUT2D eigenvalue weighted by Gasteiger charge is -2.31. The summed E-state index contributed by atoms with van der Waals surface area (Å²) in [7, 11) is 0. The van der Waals surface area contributed by atoms with Crippen molar-refractivity contribution in [3.05, 3.63) is 344 Å². The summed E-state index contributed by atoms with van der Waals surface area (Å²) in [6.07, 6.45) is 21.4. The summed E-state index contributed by atoms with van der Waals surface area (Å²) in [4.78, 5) is 114. The van der Waals surface area contributed by atoms with Crippen molar-refractivity contribution in [2.24, 2.45) is 0 Å². The van der Waals surface area contributed by atoms with E-state index in [4.69, 9.17) is 91.2 Å². The maximum atomic E-state index is 13.1. The van der Waals surface area contributed by atoms with Gasteiger partial charge in [0.25, 0.3) is 0 Å². The number of hydrogen-bond donors (Lipinski definition) is 5. The molecule has 0 fully saturated rings. The number of benzene rings is 6. The van der Waals surface area contributed by atoms with Crippen LogP contribution in [0, 0.1) is 0 Å². The monoisotopic (exact) mass is 2140 g/mol. The van der Waals surface area contributed by atoms with Gasteiger partial charge in [0.05, 0.1) is 92.4 Å². The van der Waals surface area contributed by atoms with Crippen LogP contribution in [0.15, 0.2) is 257 Å². The van der Waals surface area contributed by atoms with Crippen LogP contribution in [0.4, 0.5) is 38.7 Å². The number of carbonyl (C=O) groups excluding carboxylic acids is 9. The van der Waals surface area contributed by atoms with Gasteiger partial charge in [0.1, 0.15) is 17.4 Å². The molecule has 11 aromatic rings. The van der Waals surface area contributed by atoms with E-state index in [9.17, 15) is 43.2 Å². The molecule has 16 rings (SSSR count). The topological polar surface area (TPSA) is 369 Å². The molecule has 0 saturated carbocycles. The van der Waals surface area contributed by atoms with Crippen molar-refractivity contribution in [1.29, 1.82) is 0 Å². The number of unbranched alkanes of at least 4 members (excludes halogenated alkanes) is 2. The first kappa shape index (κ1) is 114. The molecular formula is C114H129Cl5N15O16+. The Morgan fingerprint density at radius 2 is 0.680 bits per heavy atom. The van der Waals surface area contributed by atoms with Gasteiger partial charge in [-0.15, -0.1) is 20.0 Å². The molecule has 5 unspecified atom stereocenters. The third-order valence-electron chi connectivity index (χ3n) is 24.9. The van der Waals surface area contributed by atoms with E-state index in [0.29, 0.717) is 145 Å². The van der Waals surface area contributed by atoms with Crippen LogP contribution < -0.4 is 31.7 Å². The maximum absolute atomic E-state index is 13.1. The number of anilines is 5. The van der Waals surface area contributed by atoms with E-state index in [1.807, 2.05) is 176 Å². The van der Waals surface area contributed by atoms with Gasteiger partial charge in [-0.1, -0.05) is 284 Å². The van der Waals surface area contributed by atoms with Gasteiger partial charge in [-0.25, -0.2) is 33.4 Å². The summed E-state index contributed by atoms with van der Waals surface area (Å²) in [5, 5.41) is 39.7. The Hall–Kier alpha value is -14.4. The summed E-state index contributed by atoms with van der Waals surface area (Å²) in [5.41, 5.74) is 15.5. The molecule has 36 heteroatoms.